The average molecular weight is 306 g/mol. The Morgan fingerprint density at radius 2 is 2.14 bits per heavy atom. The molecule has 1 aliphatic heterocycles. The summed E-state index contributed by atoms with van der Waals surface area (Å²) in [5.74, 6) is 0. The summed E-state index contributed by atoms with van der Waals surface area (Å²) in [5.41, 5.74) is 1.71. The molecular weight excluding hydrogens is 288 g/mol. The Labute approximate surface area is 124 Å². The maximum atomic E-state index is 12.7. The van der Waals surface area contributed by atoms with Crippen molar-refractivity contribution in [2.24, 2.45) is 7.05 Å². The number of pyridine rings is 1. The summed E-state index contributed by atoms with van der Waals surface area (Å²) in [6.45, 7) is 2.43. The van der Waals surface area contributed by atoms with Crippen molar-refractivity contribution in [3.63, 3.8) is 0 Å². The second-order valence-corrected chi connectivity index (χ2v) is 7.19. The number of hydrogen-bond acceptors (Lipinski definition) is 4. The fourth-order valence-corrected chi connectivity index (χ4v) is 4.35. The quantitative estimate of drug-likeness (QED) is 0.864. The van der Waals surface area contributed by atoms with Gasteiger partial charge in [-0.05, 0) is 31.9 Å². The predicted octanol–water partition coefficient (Wildman–Crippen LogP) is 1.65. The van der Waals surface area contributed by atoms with Crippen molar-refractivity contribution in [1.82, 2.24) is 18.8 Å². The summed E-state index contributed by atoms with van der Waals surface area (Å²) in [6.07, 6.45) is 4.67. The number of aromatic nitrogens is 3. The van der Waals surface area contributed by atoms with Gasteiger partial charge in [-0.25, -0.2) is 13.4 Å². The lowest BCUT2D eigenvalue weighted by Crippen LogP contribution is -2.31. The van der Waals surface area contributed by atoms with Gasteiger partial charge in [-0.3, -0.25) is 4.98 Å². The van der Waals surface area contributed by atoms with Crippen molar-refractivity contribution in [3.8, 4) is 0 Å². The van der Waals surface area contributed by atoms with Crippen LogP contribution in [0, 0.1) is 6.92 Å². The molecule has 2 aromatic heterocycles. The first-order valence-corrected chi connectivity index (χ1v) is 8.36. The van der Waals surface area contributed by atoms with E-state index in [4.69, 9.17) is 0 Å². The molecule has 112 valence electrons. The summed E-state index contributed by atoms with van der Waals surface area (Å²) < 4.78 is 28.6. The molecule has 0 saturated carbocycles. The van der Waals surface area contributed by atoms with Gasteiger partial charge in [0.05, 0.1) is 18.1 Å². The zero-order valence-electron chi connectivity index (χ0n) is 12.1. The molecule has 1 aliphatic rings. The first-order chi connectivity index (χ1) is 9.98. The molecule has 0 spiro atoms. The summed E-state index contributed by atoms with van der Waals surface area (Å²) in [4.78, 5) is 8.48. The van der Waals surface area contributed by atoms with Gasteiger partial charge in [-0.1, -0.05) is 6.07 Å². The Morgan fingerprint density at radius 3 is 2.81 bits per heavy atom. The SMILES string of the molecule is Cc1cccc(C2CCCN2S(=O)(=O)c2cn(C)cn2)n1. The molecular formula is C14H18N4O2S. The molecule has 3 rings (SSSR count). The lowest BCUT2D eigenvalue weighted by atomic mass is 10.1. The smallest absolute Gasteiger partial charge is 0.262 e. The Kier molecular flexibility index (Phi) is 3.54. The summed E-state index contributed by atoms with van der Waals surface area (Å²) >= 11 is 0. The van der Waals surface area contributed by atoms with E-state index in [-0.39, 0.29) is 11.1 Å². The zero-order valence-corrected chi connectivity index (χ0v) is 12.9. The molecule has 2 aromatic rings. The van der Waals surface area contributed by atoms with Crippen LogP contribution in [0.5, 0.6) is 0 Å². The van der Waals surface area contributed by atoms with Crippen molar-refractivity contribution in [3.05, 3.63) is 42.1 Å². The van der Waals surface area contributed by atoms with E-state index in [1.807, 2.05) is 25.1 Å². The molecule has 1 saturated heterocycles. The lowest BCUT2D eigenvalue weighted by molar-refractivity contribution is 0.388. The molecule has 0 aliphatic carbocycles. The van der Waals surface area contributed by atoms with Crippen molar-refractivity contribution < 1.29 is 8.42 Å². The number of rotatable bonds is 3. The van der Waals surface area contributed by atoms with Crippen LogP contribution in [0.4, 0.5) is 0 Å². The van der Waals surface area contributed by atoms with Crippen molar-refractivity contribution in [1.29, 1.82) is 0 Å². The van der Waals surface area contributed by atoms with E-state index in [1.165, 1.54) is 16.8 Å². The minimum absolute atomic E-state index is 0.101. The second kappa shape index (κ2) is 5.23. The molecule has 0 amide bonds. The predicted molar refractivity (Wildman–Crippen MR) is 78.0 cm³/mol. The Morgan fingerprint density at radius 1 is 1.33 bits per heavy atom. The van der Waals surface area contributed by atoms with Crippen LogP contribution in [0.2, 0.25) is 0 Å². The zero-order chi connectivity index (χ0) is 15.0. The van der Waals surface area contributed by atoms with E-state index < -0.39 is 10.0 Å². The van der Waals surface area contributed by atoms with E-state index in [2.05, 4.69) is 9.97 Å². The normalized spacial score (nSPS) is 20.0. The first-order valence-electron chi connectivity index (χ1n) is 6.92. The summed E-state index contributed by atoms with van der Waals surface area (Å²) in [6, 6.07) is 5.53. The molecule has 6 nitrogen and oxygen atoms in total. The number of imidazole rings is 1. The van der Waals surface area contributed by atoms with E-state index in [9.17, 15) is 8.42 Å². The first kappa shape index (κ1) is 14.2. The molecule has 21 heavy (non-hydrogen) atoms. The summed E-state index contributed by atoms with van der Waals surface area (Å²) in [7, 11) is -1.81. The Balaban J connectivity index is 1.97. The van der Waals surface area contributed by atoms with Crippen LogP contribution in [0.3, 0.4) is 0 Å². The molecule has 0 bridgehead atoms. The highest BCUT2D eigenvalue weighted by atomic mass is 32.2. The van der Waals surface area contributed by atoms with Crippen LogP contribution in [0.25, 0.3) is 0 Å². The monoisotopic (exact) mass is 306 g/mol. The van der Waals surface area contributed by atoms with Crippen LogP contribution in [-0.4, -0.2) is 33.8 Å². The maximum absolute atomic E-state index is 12.7. The minimum Gasteiger partial charge on any atom is -0.339 e. The molecule has 3 heterocycles. The van der Waals surface area contributed by atoms with Crippen LogP contribution in [0.15, 0.2) is 35.7 Å². The van der Waals surface area contributed by atoms with Crippen molar-refractivity contribution >= 4 is 10.0 Å². The summed E-state index contributed by atoms with van der Waals surface area (Å²) in [5, 5.41) is 0.101. The van der Waals surface area contributed by atoms with Gasteiger partial charge < -0.3 is 4.57 Å². The average Bonchev–Trinajstić information content (AvgIpc) is 3.07. The topological polar surface area (TPSA) is 68.1 Å². The molecule has 0 radical (unpaired) electrons. The molecule has 1 unspecified atom stereocenters. The van der Waals surface area contributed by atoms with Crippen LogP contribution >= 0.6 is 0 Å². The van der Waals surface area contributed by atoms with Crippen LogP contribution < -0.4 is 0 Å². The van der Waals surface area contributed by atoms with Crippen molar-refractivity contribution in [2.45, 2.75) is 30.8 Å². The fourth-order valence-electron chi connectivity index (χ4n) is 2.72. The Bertz CT molecular complexity index is 754. The van der Waals surface area contributed by atoms with E-state index in [1.54, 1.807) is 11.6 Å². The molecule has 0 aromatic carbocycles. The van der Waals surface area contributed by atoms with Crippen molar-refractivity contribution in [2.75, 3.05) is 6.54 Å². The van der Waals surface area contributed by atoms with E-state index in [0.717, 1.165) is 24.2 Å². The largest absolute Gasteiger partial charge is 0.339 e. The number of aryl methyl sites for hydroxylation is 2. The molecule has 0 N–H and O–H groups in total. The van der Waals surface area contributed by atoms with Gasteiger partial charge >= 0.3 is 0 Å². The van der Waals surface area contributed by atoms with Gasteiger partial charge in [0.15, 0.2) is 5.03 Å². The Hall–Kier alpha value is -1.73. The van der Waals surface area contributed by atoms with E-state index >= 15 is 0 Å². The lowest BCUT2D eigenvalue weighted by Gasteiger charge is -2.22. The number of hydrogen-bond donors (Lipinski definition) is 0. The molecule has 1 atom stereocenters. The van der Waals surface area contributed by atoms with Gasteiger partial charge in [0.1, 0.15) is 0 Å². The van der Waals surface area contributed by atoms with Gasteiger partial charge in [0.2, 0.25) is 0 Å². The number of sulfonamides is 1. The van der Waals surface area contributed by atoms with Crippen LogP contribution in [-0.2, 0) is 17.1 Å². The molecule has 7 heteroatoms. The van der Waals surface area contributed by atoms with Gasteiger partial charge in [-0.15, -0.1) is 0 Å². The fraction of sp³-hybridized carbons (Fsp3) is 0.429. The number of nitrogens with zero attached hydrogens (tertiary/aromatic N) is 4. The maximum Gasteiger partial charge on any atom is 0.262 e. The van der Waals surface area contributed by atoms with Crippen LogP contribution in [0.1, 0.15) is 30.3 Å². The highest BCUT2D eigenvalue weighted by Crippen LogP contribution is 2.35. The minimum atomic E-state index is -3.57. The molecule has 1 fully saturated rings. The third kappa shape index (κ3) is 2.58. The third-order valence-corrected chi connectivity index (χ3v) is 5.50. The standard InChI is InChI=1S/C14H18N4O2S/c1-11-5-3-6-12(16-11)13-7-4-8-18(13)21(19,20)14-9-17(2)10-15-14/h3,5-6,9-10,13H,4,7-8H2,1-2H3. The second-order valence-electron chi connectivity index (χ2n) is 5.35. The van der Waals surface area contributed by atoms with E-state index in [0.29, 0.717) is 6.54 Å². The van der Waals surface area contributed by atoms with Gasteiger partial charge in [-0.2, -0.15) is 4.31 Å². The van der Waals surface area contributed by atoms with Gasteiger partial charge in [0.25, 0.3) is 10.0 Å². The third-order valence-electron chi connectivity index (χ3n) is 3.71. The highest BCUT2D eigenvalue weighted by Gasteiger charge is 2.38. The highest BCUT2D eigenvalue weighted by molar-refractivity contribution is 7.89. The van der Waals surface area contributed by atoms with Gasteiger partial charge in [0, 0.05) is 25.5 Å².